The number of anilines is 1. The minimum atomic E-state index is -0.146. The highest BCUT2D eigenvalue weighted by Crippen LogP contribution is 2.13. The van der Waals surface area contributed by atoms with Crippen molar-refractivity contribution in [2.24, 2.45) is 0 Å². The minimum Gasteiger partial charge on any atom is -0.465 e. The number of carbonyl (C=O) groups excluding carboxylic acids is 1. The number of carbonyl (C=O) groups is 1. The van der Waals surface area contributed by atoms with E-state index in [1.807, 2.05) is 25.1 Å². The van der Waals surface area contributed by atoms with Crippen LogP contribution < -0.4 is 11.1 Å². The summed E-state index contributed by atoms with van der Waals surface area (Å²) in [6.45, 7) is 5.29. The van der Waals surface area contributed by atoms with Gasteiger partial charge in [-0.1, -0.05) is 12.1 Å². The molecule has 5 nitrogen and oxygen atoms in total. The van der Waals surface area contributed by atoms with E-state index in [0.717, 1.165) is 31.7 Å². The number of esters is 1. The summed E-state index contributed by atoms with van der Waals surface area (Å²) in [6.07, 6.45) is 0.886. The summed E-state index contributed by atoms with van der Waals surface area (Å²) in [5.41, 5.74) is 7.80. The van der Waals surface area contributed by atoms with Gasteiger partial charge in [0.2, 0.25) is 0 Å². The average Bonchev–Trinajstić information content (AvgIpc) is 2.41. The molecular formula is C15H23N3O2. The van der Waals surface area contributed by atoms with Crippen LogP contribution in [0.4, 0.5) is 5.69 Å². The van der Waals surface area contributed by atoms with Crippen molar-refractivity contribution in [3.8, 4) is 0 Å². The van der Waals surface area contributed by atoms with Gasteiger partial charge in [-0.05, 0) is 31.0 Å². The van der Waals surface area contributed by atoms with Gasteiger partial charge in [0.1, 0.15) is 0 Å². The highest BCUT2D eigenvalue weighted by Gasteiger charge is 2.24. The van der Waals surface area contributed by atoms with E-state index in [0.29, 0.717) is 19.2 Å². The van der Waals surface area contributed by atoms with Crippen LogP contribution in [-0.2, 0) is 16.0 Å². The number of hydrogen-bond acceptors (Lipinski definition) is 5. The molecule has 3 N–H and O–H groups in total. The van der Waals surface area contributed by atoms with Crippen molar-refractivity contribution in [2.45, 2.75) is 19.4 Å². The van der Waals surface area contributed by atoms with E-state index in [2.05, 4.69) is 16.3 Å². The molecule has 1 saturated heterocycles. The van der Waals surface area contributed by atoms with E-state index in [9.17, 15) is 4.79 Å². The van der Waals surface area contributed by atoms with E-state index in [4.69, 9.17) is 10.5 Å². The number of piperazine rings is 1. The zero-order valence-corrected chi connectivity index (χ0v) is 12.0. The van der Waals surface area contributed by atoms with Gasteiger partial charge in [-0.15, -0.1) is 0 Å². The normalized spacial score (nSPS) is 19.8. The van der Waals surface area contributed by atoms with Crippen LogP contribution in [0, 0.1) is 0 Å². The third-order valence-corrected chi connectivity index (χ3v) is 3.53. The van der Waals surface area contributed by atoms with Gasteiger partial charge in [0.15, 0.2) is 0 Å². The van der Waals surface area contributed by atoms with Crippen LogP contribution in [-0.4, -0.2) is 49.7 Å². The van der Waals surface area contributed by atoms with Gasteiger partial charge in [0, 0.05) is 31.4 Å². The summed E-state index contributed by atoms with van der Waals surface area (Å²) in [4.78, 5) is 13.9. The number of hydrogen-bond donors (Lipinski definition) is 2. The van der Waals surface area contributed by atoms with E-state index in [-0.39, 0.29) is 5.97 Å². The highest BCUT2D eigenvalue weighted by molar-refractivity contribution is 5.71. The third kappa shape index (κ3) is 4.21. The van der Waals surface area contributed by atoms with E-state index in [1.54, 1.807) is 0 Å². The van der Waals surface area contributed by atoms with E-state index >= 15 is 0 Å². The molecule has 2 rings (SSSR count). The first kappa shape index (κ1) is 14.8. The first-order valence-corrected chi connectivity index (χ1v) is 7.14. The fraction of sp³-hybridized carbons (Fsp3) is 0.533. The van der Waals surface area contributed by atoms with Crippen molar-refractivity contribution in [2.75, 3.05) is 38.5 Å². The predicted octanol–water partition coefficient (Wildman–Crippen LogP) is 0.648. The average molecular weight is 277 g/mol. The van der Waals surface area contributed by atoms with Crippen molar-refractivity contribution in [1.82, 2.24) is 10.2 Å². The van der Waals surface area contributed by atoms with Gasteiger partial charge in [0.25, 0.3) is 0 Å². The second-order valence-electron chi connectivity index (χ2n) is 5.08. The van der Waals surface area contributed by atoms with Crippen molar-refractivity contribution >= 4 is 11.7 Å². The summed E-state index contributed by atoms with van der Waals surface area (Å²) in [5, 5.41) is 3.38. The topological polar surface area (TPSA) is 67.6 Å². The van der Waals surface area contributed by atoms with Gasteiger partial charge >= 0.3 is 5.97 Å². The molecule has 110 valence electrons. The highest BCUT2D eigenvalue weighted by atomic mass is 16.5. The van der Waals surface area contributed by atoms with Crippen LogP contribution >= 0.6 is 0 Å². The van der Waals surface area contributed by atoms with Crippen LogP contribution in [0.2, 0.25) is 0 Å². The predicted molar refractivity (Wildman–Crippen MR) is 79.4 cm³/mol. The molecule has 1 aromatic rings. The van der Waals surface area contributed by atoms with E-state index in [1.165, 1.54) is 5.56 Å². The third-order valence-electron chi connectivity index (χ3n) is 3.53. The molecule has 1 unspecified atom stereocenters. The van der Waals surface area contributed by atoms with Crippen molar-refractivity contribution in [3.05, 3.63) is 29.8 Å². The minimum absolute atomic E-state index is 0.146. The van der Waals surface area contributed by atoms with Crippen molar-refractivity contribution < 1.29 is 9.53 Å². The Morgan fingerprint density at radius 2 is 2.40 bits per heavy atom. The molecule has 0 amide bonds. The zero-order valence-electron chi connectivity index (χ0n) is 12.0. The Hall–Kier alpha value is -1.59. The van der Waals surface area contributed by atoms with Crippen LogP contribution in [0.3, 0.4) is 0 Å². The van der Waals surface area contributed by atoms with Crippen LogP contribution in [0.5, 0.6) is 0 Å². The molecule has 0 aromatic heterocycles. The van der Waals surface area contributed by atoms with Gasteiger partial charge in [-0.2, -0.15) is 0 Å². The number of benzene rings is 1. The first-order valence-electron chi connectivity index (χ1n) is 7.14. The SMILES string of the molecule is CCOC(=O)CN1CCNCC1Cc1cccc(N)c1. The van der Waals surface area contributed by atoms with Crippen LogP contribution in [0.15, 0.2) is 24.3 Å². The molecule has 0 radical (unpaired) electrons. The molecule has 20 heavy (non-hydrogen) atoms. The lowest BCUT2D eigenvalue weighted by Crippen LogP contribution is -2.53. The molecule has 1 aromatic carbocycles. The van der Waals surface area contributed by atoms with Gasteiger partial charge in [-0.25, -0.2) is 0 Å². The molecule has 5 heteroatoms. The monoisotopic (exact) mass is 277 g/mol. The number of nitrogens with two attached hydrogens (primary N) is 1. The summed E-state index contributed by atoms with van der Waals surface area (Å²) in [7, 11) is 0. The maximum absolute atomic E-state index is 11.7. The maximum atomic E-state index is 11.7. The van der Waals surface area contributed by atoms with Crippen LogP contribution in [0.25, 0.3) is 0 Å². The van der Waals surface area contributed by atoms with Gasteiger partial charge in [0.05, 0.1) is 13.2 Å². The lowest BCUT2D eigenvalue weighted by Gasteiger charge is -2.35. The lowest BCUT2D eigenvalue weighted by atomic mass is 10.0. The second-order valence-corrected chi connectivity index (χ2v) is 5.08. The Bertz CT molecular complexity index is 450. The number of nitrogens with one attached hydrogen (secondary N) is 1. The number of nitrogen functional groups attached to an aromatic ring is 1. The van der Waals surface area contributed by atoms with Gasteiger partial charge < -0.3 is 15.8 Å². The molecule has 1 heterocycles. The Kier molecular flexibility index (Phi) is 5.38. The summed E-state index contributed by atoms with van der Waals surface area (Å²) in [5.74, 6) is -0.146. The standard InChI is InChI=1S/C15H23N3O2/c1-2-20-15(19)11-18-7-6-17-10-14(18)9-12-4-3-5-13(16)8-12/h3-5,8,14,17H,2,6-7,9-11,16H2,1H3. The molecule has 1 aliphatic heterocycles. The van der Waals surface area contributed by atoms with Gasteiger partial charge in [-0.3, -0.25) is 9.69 Å². The molecule has 1 fully saturated rings. The molecule has 0 bridgehead atoms. The number of rotatable bonds is 5. The molecule has 0 saturated carbocycles. The Morgan fingerprint density at radius 1 is 1.55 bits per heavy atom. The second kappa shape index (κ2) is 7.26. The number of nitrogens with zero attached hydrogens (tertiary/aromatic N) is 1. The fourth-order valence-electron chi connectivity index (χ4n) is 2.58. The number of ether oxygens (including phenoxy) is 1. The van der Waals surface area contributed by atoms with Crippen molar-refractivity contribution in [1.29, 1.82) is 0 Å². The Labute approximate surface area is 120 Å². The van der Waals surface area contributed by atoms with Crippen molar-refractivity contribution in [3.63, 3.8) is 0 Å². The molecule has 1 aliphatic rings. The quantitative estimate of drug-likeness (QED) is 0.611. The zero-order chi connectivity index (χ0) is 14.4. The summed E-state index contributed by atoms with van der Waals surface area (Å²) >= 11 is 0. The smallest absolute Gasteiger partial charge is 0.320 e. The van der Waals surface area contributed by atoms with E-state index < -0.39 is 0 Å². The summed E-state index contributed by atoms with van der Waals surface area (Å²) in [6, 6.07) is 8.23. The summed E-state index contributed by atoms with van der Waals surface area (Å²) < 4.78 is 5.04. The maximum Gasteiger partial charge on any atom is 0.320 e. The first-order chi connectivity index (χ1) is 9.69. The molecule has 0 spiro atoms. The lowest BCUT2D eigenvalue weighted by molar-refractivity contribution is -0.145. The Balaban J connectivity index is 1.97. The Morgan fingerprint density at radius 3 is 3.15 bits per heavy atom. The van der Waals surface area contributed by atoms with Crippen LogP contribution in [0.1, 0.15) is 12.5 Å². The molecule has 1 atom stereocenters. The molecule has 0 aliphatic carbocycles. The largest absolute Gasteiger partial charge is 0.465 e. The fourth-order valence-corrected chi connectivity index (χ4v) is 2.58. The molecular weight excluding hydrogens is 254 g/mol.